The monoisotopic (exact) mass is 729 g/mol. The van der Waals surface area contributed by atoms with Gasteiger partial charge in [0.25, 0.3) is 0 Å². The van der Waals surface area contributed by atoms with Gasteiger partial charge in [0.05, 0.1) is 96.9 Å². The van der Waals surface area contributed by atoms with Crippen molar-refractivity contribution in [2.45, 2.75) is 6.18 Å². The van der Waals surface area contributed by atoms with Gasteiger partial charge in [-0.2, -0.15) is 34.2 Å². The Morgan fingerprint density at radius 2 is 0.857 bits per heavy atom. The van der Waals surface area contributed by atoms with Crippen molar-refractivity contribution in [1.82, 2.24) is 14.1 Å². The number of halogens is 3. The zero-order chi connectivity index (χ0) is 38.7. The number of hydrogen-bond donors (Lipinski definition) is 0. The molecule has 0 aliphatic rings. The smallest absolute Gasteiger partial charge is 0.307 e. The highest BCUT2D eigenvalue weighted by molar-refractivity contribution is 6.12. The summed E-state index contributed by atoms with van der Waals surface area (Å²) in [4.78, 5) is 4.75. The normalized spacial score (nSPS) is 11.4. The quantitative estimate of drug-likeness (QED) is 0.179. The standard InChI is InChI=1S/C46H22F3N7/c47-46(48,49)37-22-45(56-42-19-29(25-52)11-15-34(42)35-16-12-30(26-53)20-43(35)56)44(21-36(37)39-8-4-7-38(54-39)31-5-2-1-3-6-31)55-40-17-27(23-50)9-13-32(40)33-14-10-28(24-51)18-41(33)55/h1-22H. The van der Waals surface area contributed by atoms with Gasteiger partial charge in [-0.1, -0.05) is 60.7 Å². The maximum atomic E-state index is 15.6. The molecule has 6 aromatic carbocycles. The van der Waals surface area contributed by atoms with Crippen LogP contribution in [0.15, 0.2) is 133 Å². The molecule has 7 nitrogen and oxygen atoms in total. The first-order valence-electron chi connectivity index (χ1n) is 17.3. The number of aromatic nitrogens is 3. The fourth-order valence-corrected chi connectivity index (χ4v) is 7.57. The minimum absolute atomic E-state index is 0.0726. The maximum Gasteiger partial charge on any atom is 0.417 e. The molecule has 0 fully saturated rings. The van der Waals surface area contributed by atoms with Crippen molar-refractivity contribution in [3.63, 3.8) is 0 Å². The minimum Gasteiger partial charge on any atom is -0.307 e. The van der Waals surface area contributed by atoms with E-state index in [9.17, 15) is 21.0 Å². The molecule has 0 atom stereocenters. The summed E-state index contributed by atoms with van der Waals surface area (Å²) in [6.45, 7) is 0. The summed E-state index contributed by atoms with van der Waals surface area (Å²) in [7, 11) is 0. The lowest BCUT2D eigenvalue weighted by Crippen LogP contribution is -2.12. The van der Waals surface area contributed by atoms with Crippen molar-refractivity contribution in [2.24, 2.45) is 0 Å². The molecule has 9 rings (SSSR count). The first-order valence-corrected chi connectivity index (χ1v) is 17.3. The van der Waals surface area contributed by atoms with E-state index in [1.54, 1.807) is 94.1 Å². The third-order valence-electron chi connectivity index (χ3n) is 10.0. The van der Waals surface area contributed by atoms with E-state index in [-0.39, 0.29) is 33.8 Å². The highest BCUT2D eigenvalue weighted by atomic mass is 19.4. The number of fused-ring (bicyclic) bond motifs is 6. The summed E-state index contributed by atoms with van der Waals surface area (Å²) in [5.74, 6) is 0. The van der Waals surface area contributed by atoms with Crippen LogP contribution in [0.5, 0.6) is 0 Å². The second-order valence-corrected chi connectivity index (χ2v) is 13.2. The van der Waals surface area contributed by atoms with Gasteiger partial charge in [-0.15, -0.1) is 0 Å². The number of pyridine rings is 1. The highest BCUT2D eigenvalue weighted by Gasteiger charge is 2.36. The first kappa shape index (κ1) is 33.6. The van der Waals surface area contributed by atoms with Crippen LogP contribution < -0.4 is 0 Å². The fraction of sp³-hybridized carbons (Fsp3) is 0.0217. The fourth-order valence-electron chi connectivity index (χ4n) is 7.57. The Morgan fingerprint density at radius 1 is 0.446 bits per heavy atom. The Labute approximate surface area is 316 Å². The van der Waals surface area contributed by atoms with Gasteiger partial charge in [0.2, 0.25) is 0 Å². The van der Waals surface area contributed by atoms with Crippen LogP contribution in [0.3, 0.4) is 0 Å². The average molecular weight is 730 g/mol. The van der Waals surface area contributed by atoms with E-state index in [2.05, 4.69) is 24.3 Å². The van der Waals surface area contributed by atoms with Crippen molar-refractivity contribution in [2.75, 3.05) is 0 Å². The van der Waals surface area contributed by atoms with Crippen LogP contribution in [0, 0.1) is 45.3 Å². The van der Waals surface area contributed by atoms with Crippen molar-refractivity contribution in [1.29, 1.82) is 21.0 Å². The molecule has 0 saturated carbocycles. The van der Waals surface area contributed by atoms with Gasteiger partial charge in [0.15, 0.2) is 0 Å². The number of benzene rings is 6. The molecule has 0 saturated heterocycles. The Morgan fingerprint density at radius 3 is 1.27 bits per heavy atom. The molecule has 3 heterocycles. The lowest BCUT2D eigenvalue weighted by Gasteiger charge is -2.22. The molecule has 0 spiro atoms. The SMILES string of the molecule is N#Cc1ccc2c3ccc(C#N)cc3n(-c3cc(-c4cccc(-c5ccccc5)n4)c(C(F)(F)F)cc3-n3c4cc(C#N)ccc4c4ccc(C#N)cc43)c2c1. The second kappa shape index (κ2) is 12.7. The first-order chi connectivity index (χ1) is 27.2. The summed E-state index contributed by atoms with van der Waals surface area (Å²) in [5.41, 5.74) is 3.59. The molecule has 0 bridgehead atoms. The molecule has 56 heavy (non-hydrogen) atoms. The molecule has 10 heteroatoms. The largest absolute Gasteiger partial charge is 0.417 e. The lowest BCUT2D eigenvalue weighted by molar-refractivity contribution is -0.137. The zero-order valence-electron chi connectivity index (χ0n) is 29.0. The number of nitriles is 4. The summed E-state index contributed by atoms with van der Waals surface area (Å²) < 4.78 is 50.3. The molecular weight excluding hydrogens is 708 g/mol. The van der Waals surface area contributed by atoms with E-state index in [1.807, 2.05) is 30.3 Å². The molecule has 0 unspecified atom stereocenters. The van der Waals surface area contributed by atoms with Crippen LogP contribution >= 0.6 is 0 Å². The van der Waals surface area contributed by atoms with Crippen LogP contribution in [0.4, 0.5) is 13.2 Å². The maximum absolute atomic E-state index is 15.6. The third-order valence-corrected chi connectivity index (χ3v) is 10.0. The molecule has 9 aromatic rings. The van der Waals surface area contributed by atoms with Crippen molar-refractivity contribution >= 4 is 43.6 Å². The number of nitrogens with zero attached hydrogens (tertiary/aromatic N) is 7. The van der Waals surface area contributed by atoms with Gasteiger partial charge in [-0.25, -0.2) is 4.98 Å². The molecular formula is C46H22F3N7. The van der Waals surface area contributed by atoms with Gasteiger partial charge in [0, 0.05) is 32.7 Å². The van der Waals surface area contributed by atoms with Crippen LogP contribution in [0.2, 0.25) is 0 Å². The molecule has 0 aliphatic carbocycles. The van der Waals surface area contributed by atoms with Crippen LogP contribution in [-0.2, 0) is 6.18 Å². The van der Waals surface area contributed by atoms with E-state index in [1.165, 1.54) is 12.1 Å². The Bertz CT molecular complexity index is 3150. The average Bonchev–Trinajstić information content (AvgIpc) is 3.73. The second-order valence-electron chi connectivity index (χ2n) is 13.2. The van der Waals surface area contributed by atoms with E-state index >= 15 is 13.2 Å². The van der Waals surface area contributed by atoms with E-state index in [0.29, 0.717) is 60.4 Å². The molecule has 3 aromatic heterocycles. The Balaban J connectivity index is 1.51. The number of hydrogen-bond acceptors (Lipinski definition) is 5. The van der Waals surface area contributed by atoms with Gasteiger partial charge in [0.1, 0.15) is 0 Å². The summed E-state index contributed by atoms with van der Waals surface area (Å²) in [5, 5.41) is 42.7. The third kappa shape index (κ3) is 5.30. The van der Waals surface area contributed by atoms with Crippen LogP contribution in [-0.4, -0.2) is 14.1 Å². The number of rotatable bonds is 4. The molecule has 0 aliphatic heterocycles. The van der Waals surface area contributed by atoms with E-state index in [4.69, 9.17) is 4.98 Å². The Kier molecular flexibility index (Phi) is 7.66. The zero-order valence-corrected chi connectivity index (χ0v) is 29.0. The van der Waals surface area contributed by atoms with Crippen molar-refractivity contribution in [3.8, 4) is 58.2 Å². The molecule has 0 N–H and O–H groups in total. The van der Waals surface area contributed by atoms with Gasteiger partial charge < -0.3 is 9.13 Å². The number of alkyl halides is 3. The van der Waals surface area contributed by atoms with Crippen LogP contribution in [0.1, 0.15) is 27.8 Å². The van der Waals surface area contributed by atoms with Gasteiger partial charge in [-0.05, 0) is 72.8 Å². The summed E-state index contributed by atoms with van der Waals surface area (Å²) >= 11 is 0. The molecule has 0 amide bonds. The van der Waals surface area contributed by atoms with Crippen LogP contribution in [0.25, 0.3) is 77.5 Å². The predicted octanol–water partition coefficient (Wildman–Crippen LogP) is 11.1. The van der Waals surface area contributed by atoms with Crippen molar-refractivity contribution < 1.29 is 13.2 Å². The predicted molar refractivity (Wildman–Crippen MR) is 208 cm³/mol. The summed E-state index contributed by atoms with van der Waals surface area (Å²) in [6.07, 6.45) is -4.87. The molecule has 262 valence electrons. The van der Waals surface area contributed by atoms with Gasteiger partial charge in [-0.3, -0.25) is 0 Å². The molecule has 0 radical (unpaired) electrons. The topological polar surface area (TPSA) is 118 Å². The van der Waals surface area contributed by atoms with E-state index < -0.39 is 11.7 Å². The summed E-state index contributed by atoms with van der Waals surface area (Å²) in [6, 6.07) is 45.5. The minimum atomic E-state index is -4.87. The van der Waals surface area contributed by atoms with E-state index in [0.717, 1.165) is 11.6 Å². The highest BCUT2D eigenvalue weighted by Crippen LogP contribution is 2.45. The lowest BCUT2D eigenvalue weighted by atomic mass is 9.99. The van der Waals surface area contributed by atoms with Crippen molar-refractivity contribution in [3.05, 3.63) is 161 Å². The Hall–Kier alpha value is -8.18. The van der Waals surface area contributed by atoms with Gasteiger partial charge >= 0.3 is 6.18 Å².